The Morgan fingerprint density at radius 3 is 1.18 bits per heavy atom. The molecule has 0 atom stereocenters. The fraction of sp³-hybridized carbons (Fsp3) is 0.944. The first-order valence-electron chi connectivity index (χ1n) is 8.97. The van der Waals surface area contributed by atoms with E-state index in [-0.39, 0.29) is 33.6 Å². The molecule has 0 aliphatic carbocycles. The van der Waals surface area contributed by atoms with Gasteiger partial charge in [-0.15, -0.1) is 0 Å². The van der Waals surface area contributed by atoms with Crippen molar-refractivity contribution in [2.24, 2.45) is 0 Å². The van der Waals surface area contributed by atoms with E-state index in [0.717, 1.165) is 12.8 Å². The van der Waals surface area contributed by atoms with Crippen LogP contribution >= 0.6 is 0 Å². The Morgan fingerprint density at radius 1 is 0.636 bits per heavy atom. The summed E-state index contributed by atoms with van der Waals surface area (Å²) >= 11 is 0. The van der Waals surface area contributed by atoms with Crippen LogP contribution in [0.4, 0.5) is 0 Å². The Labute approximate surface area is 152 Å². The van der Waals surface area contributed by atoms with Crippen molar-refractivity contribution in [1.29, 1.82) is 0 Å². The quantitative estimate of drug-likeness (QED) is 0.310. The normalized spacial score (nSPS) is 9.86. The average Bonchev–Trinajstić information content (AvgIpc) is 2.43. The maximum absolute atomic E-state index is 10.2. The molecule has 0 aromatic rings. The zero-order valence-electron chi connectivity index (χ0n) is 14.6. The van der Waals surface area contributed by atoms with Crippen molar-refractivity contribution in [3.63, 3.8) is 0 Å². The number of hydrogen-bond donors (Lipinski definition) is 0. The molecular formula is C18H37O3Ti+3. The van der Waals surface area contributed by atoms with Crippen LogP contribution in [0.25, 0.3) is 0 Å². The maximum Gasteiger partial charge on any atom is 4.00 e. The molecule has 128 valence electrons. The third kappa shape index (κ3) is 25.1. The Bertz CT molecular complexity index is 211. The van der Waals surface area contributed by atoms with Gasteiger partial charge in [0.1, 0.15) is 0 Å². The largest absolute Gasteiger partial charge is 4.00 e. The fourth-order valence-corrected chi connectivity index (χ4v) is 2.64. The molecule has 0 bridgehead atoms. The van der Waals surface area contributed by atoms with Crippen LogP contribution in [0.5, 0.6) is 0 Å². The summed E-state index contributed by atoms with van der Waals surface area (Å²) in [6.07, 6.45) is 19.9. The zero-order chi connectivity index (χ0) is 14.9. The summed E-state index contributed by atoms with van der Waals surface area (Å²) in [4.78, 5) is 10.2. The van der Waals surface area contributed by atoms with Crippen LogP contribution < -0.4 is 5.11 Å². The molecular weight excluding hydrogens is 312 g/mol. The van der Waals surface area contributed by atoms with E-state index in [1.165, 1.54) is 83.5 Å². The average molecular weight is 349 g/mol. The molecule has 0 rings (SSSR count). The molecule has 0 heterocycles. The maximum atomic E-state index is 10.2. The van der Waals surface area contributed by atoms with Crippen molar-refractivity contribution >= 4 is 5.97 Å². The topological polar surface area (TPSA) is 71.6 Å². The third-order valence-corrected chi connectivity index (χ3v) is 3.98. The van der Waals surface area contributed by atoms with Gasteiger partial charge in [-0.3, -0.25) is 0 Å². The number of carboxylic acid groups (broad SMARTS) is 1. The first-order chi connectivity index (χ1) is 9.77. The number of hydrogen-bond acceptors (Lipinski definition) is 2. The number of carboxylic acids is 1. The van der Waals surface area contributed by atoms with E-state index in [1.807, 2.05) is 0 Å². The summed E-state index contributed by atoms with van der Waals surface area (Å²) < 4.78 is 0. The van der Waals surface area contributed by atoms with Gasteiger partial charge >= 0.3 is 21.7 Å². The molecule has 0 fully saturated rings. The van der Waals surface area contributed by atoms with E-state index in [9.17, 15) is 9.90 Å². The van der Waals surface area contributed by atoms with Crippen molar-refractivity contribution in [3.8, 4) is 0 Å². The molecule has 0 aromatic heterocycles. The zero-order valence-corrected chi connectivity index (χ0v) is 16.2. The Hall–Kier alpha value is 0.144. The van der Waals surface area contributed by atoms with Gasteiger partial charge in [-0.25, -0.2) is 0 Å². The number of aliphatic carboxylic acids is 1. The summed E-state index contributed by atoms with van der Waals surface area (Å²) in [5, 5.41) is 10.2. The molecule has 0 radical (unpaired) electrons. The summed E-state index contributed by atoms with van der Waals surface area (Å²) in [6.45, 7) is 2.27. The summed E-state index contributed by atoms with van der Waals surface area (Å²) in [5.41, 5.74) is 0. The number of carbonyl (C=O) groups is 1. The van der Waals surface area contributed by atoms with Gasteiger partial charge < -0.3 is 15.4 Å². The molecule has 0 aliphatic rings. The van der Waals surface area contributed by atoms with Crippen molar-refractivity contribution in [1.82, 2.24) is 0 Å². The molecule has 0 unspecified atom stereocenters. The van der Waals surface area contributed by atoms with Gasteiger partial charge in [0.25, 0.3) is 0 Å². The van der Waals surface area contributed by atoms with Crippen LogP contribution in [0.15, 0.2) is 0 Å². The Balaban J connectivity index is -0.00000180. The summed E-state index contributed by atoms with van der Waals surface area (Å²) in [5.74, 6) is -0.903. The van der Waals surface area contributed by atoms with Gasteiger partial charge in [0.2, 0.25) is 0 Å². The van der Waals surface area contributed by atoms with Crippen LogP contribution in [-0.2, 0) is 26.5 Å². The second-order valence-corrected chi connectivity index (χ2v) is 6.07. The molecule has 0 saturated carbocycles. The number of unbranched alkanes of at least 4 members (excludes halogenated alkanes) is 14. The first kappa shape index (κ1) is 27.0. The van der Waals surface area contributed by atoms with Gasteiger partial charge in [0.05, 0.1) is 0 Å². The van der Waals surface area contributed by atoms with Crippen molar-refractivity contribution < 1.29 is 37.1 Å². The third-order valence-electron chi connectivity index (χ3n) is 3.98. The van der Waals surface area contributed by atoms with Crippen LogP contribution in [0.1, 0.15) is 110 Å². The Kier molecular flexibility index (Phi) is 28.7. The predicted octanol–water partition coefficient (Wildman–Crippen LogP) is 4.17. The monoisotopic (exact) mass is 349 g/mol. The number of rotatable bonds is 16. The molecule has 0 amide bonds. The molecule has 0 saturated heterocycles. The minimum Gasteiger partial charge on any atom is -0.550 e. The van der Waals surface area contributed by atoms with E-state index in [0.29, 0.717) is 0 Å². The van der Waals surface area contributed by atoms with Crippen LogP contribution in [0.3, 0.4) is 0 Å². The van der Waals surface area contributed by atoms with Gasteiger partial charge in [0.15, 0.2) is 0 Å². The smallest absolute Gasteiger partial charge is 0.550 e. The molecule has 4 heteroatoms. The van der Waals surface area contributed by atoms with Crippen molar-refractivity contribution in [2.45, 2.75) is 110 Å². The van der Waals surface area contributed by atoms with Gasteiger partial charge in [-0.1, -0.05) is 96.8 Å². The molecule has 0 aromatic carbocycles. The minimum absolute atomic E-state index is 0. The van der Waals surface area contributed by atoms with Crippen LogP contribution in [0.2, 0.25) is 0 Å². The standard InChI is InChI=1S/C18H36O2.H2O.Ti/c1-2-3-4-5-6-7-8-9-10-11-12-13-14-15-16-17-18(19)20;;/h2-17H2,1H3,(H,19,20);1H2;/q;;+4/p-1. The van der Waals surface area contributed by atoms with E-state index in [2.05, 4.69) is 6.92 Å². The summed E-state index contributed by atoms with van der Waals surface area (Å²) in [7, 11) is 0. The SMILES string of the molecule is CCCCCCCCCCCCCCCCCC(=O)[O-].O.[Ti+4]. The van der Waals surface area contributed by atoms with Crippen molar-refractivity contribution in [2.75, 3.05) is 0 Å². The van der Waals surface area contributed by atoms with Gasteiger partial charge in [0, 0.05) is 5.97 Å². The fourth-order valence-electron chi connectivity index (χ4n) is 2.64. The first-order valence-corrected chi connectivity index (χ1v) is 8.97. The van der Waals surface area contributed by atoms with Crippen molar-refractivity contribution in [3.05, 3.63) is 0 Å². The molecule has 2 N–H and O–H groups in total. The molecule has 3 nitrogen and oxygen atoms in total. The minimum atomic E-state index is -0.903. The second kappa shape index (κ2) is 23.4. The molecule has 0 spiro atoms. The van der Waals surface area contributed by atoms with Gasteiger partial charge in [-0.2, -0.15) is 0 Å². The molecule has 22 heavy (non-hydrogen) atoms. The van der Waals surface area contributed by atoms with E-state index in [4.69, 9.17) is 0 Å². The molecule has 0 aliphatic heterocycles. The summed E-state index contributed by atoms with van der Waals surface area (Å²) in [6, 6.07) is 0. The van der Waals surface area contributed by atoms with Crippen LogP contribution in [0, 0.1) is 0 Å². The van der Waals surface area contributed by atoms with Crippen LogP contribution in [-0.4, -0.2) is 11.4 Å². The second-order valence-electron chi connectivity index (χ2n) is 6.07. The van der Waals surface area contributed by atoms with E-state index < -0.39 is 5.97 Å². The Morgan fingerprint density at radius 2 is 0.909 bits per heavy atom. The number of carbonyl (C=O) groups excluding carboxylic acids is 1. The predicted molar refractivity (Wildman–Crippen MR) is 88.2 cm³/mol. The van der Waals surface area contributed by atoms with Gasteiger partial charge in [-0.05, 0) is 12.8 Å². The van der Waals surface area contributed by atoms with E-state index >= 15 is 0 Å². The van der Waals surface area contributed by atoms with E-state index in [1.54, 1.807) is 0 Å².